The van der Waals surface area contributed by atoms with Gasteiger partial charge in [-0.15, -0.1) is 0 Å². The lowest BCUT2D eigenvalue weighted by Gasteiger charge is -2.12. The van der Waals surface area contributed by atoms with Crippen molar-refractivity contribution in [1.29, 1.82) is 0 Å². The van der Waals surface area contributed by atoms with E-state index in [-0.39, 0.29) is 0 Å². The Morgan fingerprint density at radius 1 is 0.377 bits per heavy atom. The Morgan fingerprint density at radius 2 is 0.962 bits per heavy atom. The van der Waals surface area contributed by atoms with Crippen LogP contribution in [0.25, 0.3) is 95.4 Å². The summed E-state index contributed by atoms with van der Waals surface area (Å²) in [4.78, 5) is 38.1. The Kier molecular flexibility index (Phi) is 7.25. The Morgan fingerprint density at radius 3 is 1.58 bits per heavy atom. The van der Waals surface area contributed by atoms with E-state index in [4.69, 9.17) is 29.9 Å². The number of hydrogen-bond acceptors (Lipinski definition) is 8. The van der Waals surface area contributed by atoms with Gasteiger partial charge in [0.2, 0.25) is 0 Å². The molecule has 0 unspecified atom stereocenters. The minimum atomic E-state index is 0.501. The number of benzene rings is 3. The van der Waals surface area contributed by atoms with Gasteiger partial charge < -0.3 is 4.40 Å². The van der Waals surface area contributed by atoms with Crippen LogP contribution in [0, 0.1) is 0 Å². The maximum atomic E-state index is 5.20. The molecule has 0 spiro atoms. The van der Waals surface area contributed by atoms with Crippen LogP contribution in [0.15, 0.2) is 165 Å². The van der Waals surface area contributed by atoms with Gasteiger partial charge >= 0.3 is 0 Å². The van der Waals surface area contributed by atoms with Crippen molar-refractivity contribution in [3.63, 3.8) is 0 Å². The zero-order valence-electron chi connectivity index (χ0n) is 28.1. The fraction of sp³-hybridized carbons (Fsp3) is 0. The highest BCUT2D eigenvalue weighted by Crippen LogP contribution is 2.34. The zero-order valence-corrected chi connectivity index (χ0v) is 28.1. The molecule has 3 aromatic carbocycles. The van der Waals surface area contributed by atoms with E-state index in [0.29, 0.717) is 17.5 Å². The van der Waals surface area contributed by atoms with Crippen LogP contribution in [0.4, 0.5) is 0 Å². The van der Waals surface area contributed by atoms with Crippen LogP contribution in [0.2, 0.25) is 0 Å². The highest BCUT2D eigenvalue weighted by Gasteiger charge is 2.17. The van der Waals surface area contributed by atoms with Gasteiger partial charge in [0.05, 0.1) is 39.1 Å². The highest BCUT2D eigenvalue weighted by molar-refractivity contribution is 5.98. The molecule has 248 valence electrons. The van der Waals surface area contributed by atoms with Gasteiger partial charge in [0.1, 0.15) is 0 Å². The first-order valence-electron chi connectivity index (χ1n) is 17.1. The average molecular weight is 682 g/mol. The highest BCUT2D eigenvalue weighted by atomic mass is 15.0. The zero-order chi connectivity index (χ0) is 35.1. The molecule has 0 aliphatic heterocycles. The SMILES string of the molecule is c1cncc(-c2ccc(-c3nc(-c4ccc(-c5cccnc5)nc4)nc(-c4cccc(-c5nc6ccccc6n6c5cc5ccccc56)c4)n3)cn2)c1. The third kappa shape index (κ3) is 5.53. The smallest absolute Gasteiger partial charge is 0.165 e. The fourth-order valence-electron chi connectivity index (χ4n) is 6.72. The number of para-hydroxylation sites is 3. The minimum absolute atomic E-state index is 0.501. The average Bonchev–Trinajstić information content (AvgIpc) is 3.64. The lowest BCUT2D eigenvalue weighted by molar-refractivity contribution is 1.07. The number of nitrogens with zero attached hydrogens (tertiary/aromatic N) is 9. The third-order valence-electron chi connectivity index (χ3n) is 9.30. The quantitative estimate of drug-likeness (QED) is 0.171. The molecular formula is C44H27N9. The first-order valence-corrected chi connectivity index (χ1v) is 17.1. The molecule has 0 aliphatic rings. The van der Waals surface area contributed by atoms with E-state index in [0.717, 1.165) is 77.9 Å². The summed E-state index contributed by atoms with van der Waals surface area (Å²) in [5, 5.41) is 1.15. The van der Waals surface area contributed by atoms with E-state index in [1.165, 1.54) is 0 Å². The topological polar surface area (TPSA) is 108 Å². The molecule has 0 amide bonds. The second kappa shape index (κ2) is 12.7. The molecule has 10 aromatic rings. The van der Waals surface area contributed by atoms with Crippen molar-refractivity contribution in [1.82, 2.24) is 44.3 Å². The van der Waals surface area contributed by atoms with Gasteiger partial charge in [-0.3, -0.25) is 19.9 Å². The maximum absolute atomic E-state index is 5.20. The molecule has 0 N–H and O–H groups in total. The summed E-state index contributed by atoms with van der Waals surface area (Å²) < 4.78 is 2.29. The Labute approximate surface area is 303 Å². The van der Waals surface area contributed by atoms with Gasteiger partial charge in [0, 0.05) is 75.9 Å². The molecule has 0 aliphatic carbocycles. The van der Waals surface area contributed by atoms with Gasteiger partial charge in [-0.2, -0.15) is 0 Å². The molecular weight excluding hydrogens is 655 g/mol. The summed E-state index contributed by atoms with van der Waals surface area (Å²) in [6.45, 7) is 0. The molecule has 0 fully saturated rings. The number of aromatic nitrogens is 9. The Hall–Kier alpha value is -7.52. The van der Waals surface area contributed by atoms with Gasteiger partial charge in [-0.1, -0.05) is 48.5 Å². The molecule has 53 heavy (non-hydrogen) atoms. The first kappa shape index (κ1) is 30.3. The third-order valence-corrected chi connectivity index (χ3v) is 9.30. The van der Waals surface area contributed by atoms with Crippen molar-refractivity contribution in [2.75, 3.05) is 0 Å². The van der Waals surface area contributed by atoms with E-state index in [9.17, 15) is 0 Å². The van der Waals surface area contributed by atoms with Crippen LogP contribution >= 0.6 is 0 Å². The van der Waals surface area contributed by atoms with Crippen molar-refractivity contribution in [3.8, 4) is 67.9 Å². The van der Waals surface area contributed by atoms with E-state index in [1.807, 2.05) is 66.7 Å². The number of fused-ring (bicyclic) bond motifs is 5. The predicted octanol–water partition coefficient (Wildman–Crippen LogP) is 9.41. The van der Waals surface area contributed by atoms with E-state index in [2.05, 4.69) is 75.0 Å². The normalized spacial score (nSPS) is 11.4. The minimum Gasteiger partial charge on any atom is -0.306 e. The largest absolute Gasteiger partial charge is 0.306 e. The summed E-state index contributed by atoms with van der Waals surface area (Å²) in [7, 11) is 0. The standard InChI is InChI=1S/C44H27N9/c1-3-14-38-28(8-1)23-40-41(49-37-13-2-4-15-39(37)53(38)40)29-9-5-10-30(22-29)42-50-43(33-16-18-35(47-26-33)31-11-6-20-45-24-31)52-44(51-42)34-17-19-36(48-27-34)32-12-7-21-46-25-32/h1-27H. The molecule has 9 heteroatoms. The van der Waals surface area contributed by atoms with Crippen molar-refractivity contribution >= 4 is 27.5 Å². The summed E-state index contributed by atoms with van der Waals surface area (Å²) in [5.74, 6) is 1.53. The lowest BCUT2D eigenvalue weighted by atomic mass is 10.1. The van der Waals surface area contributed by atoms with E-state index < -0.39 is 0 Å². The first-order chi connectivity index (χ1) is 26.2. The molecule has 9 nitrogen and oxygen atoms in total. The monoisotopic (exact) mass is 681 g/mol. The molecule has 0 saturated carbocycles. The molecule has 0 radical (unpaired) electrons. The number of hydrogen-bond donors (Lipinski definition) is 0. The van der Waals surface area contributed by atoms with Crippen LogP contribution in [0.5, 0.6) is 0 Å². The number of rotatable bonds is 6. The fourth-order valence-corrected chi connectivity index (χ4v) is 6.72. The van der Waals surface area contributed by atoms with Gasteiger partial charge in [-0.25, -0.2) is 19.9 Å². The van der Waals surface area contributed by atoms with Crippen LogP contribution < -0.4 is 0 Å². The Balaban J connectivity index is 1.12. The summed E-state index contributed by atoms with van der Waals surface area (Å²) in [5.41, 5.74) is 11.8. The molecule has 0 bridgehead atoms. The molecule has 7 aromatic heterocycles. The second-order valence-corrected chi connectivity index (χ2v) is 12.6. The van der Waals surface area contributed by atoms with Gasteiger partial charge in [0.15, 0.2) is 17.5 Å². The second-order valence-electron chi connectivity index (χ2n) is 12.6. The Bertz CT molecular complexity index is 2820. The molecule has 10 rings (SSSR count). The van der Waals surface area contributed by atoms with Crippen molar-refractivity contribution in [2.24, 2.45) is 0 Å². The maximum Gasteiger partial charge on any atom is 0.165 e. The number of pyridine rings is 4. The summed E-state index contributed by atoms with van der Waals surface area (Å²) >= 11 is 0. The lowest BCUT2D eigenvalue weighted by Crippen LogP contribution is -2.01. The molecule has 0 saturated heterocycles. The van der Waals surface area contributed by atoms with Gasteiger partial charge in [0.25, 0.3) is 0 Å². The van der Waals surface area contributed by atoms with Crippen molar-refractivity contribution < 1.29 is 0 Å². The van der Waals surface area contributed by atoms with Crippen LogP contribution in [-0.2, 0) is 0 Å². The predicted molar refractivity (Wildman–Crippen MR) is 207 cm³/mol. The van der Waals surface area contributed by atoms with Crippen LogP contribution in [-0.4, -0.2) is 44.3 Å². The van der Waals surface area contributed by atoms with Crippen molar-refractivity contribution in [3.05, 3.63) is 165 Å². The van der Waals surface area contributed by atoms with E-state index >= 15 is 0 Å². The van der Waals surface area contributed by atoms with Gasteiger partial charge in [-0.05, 0) is 78.9 Å². The summed E-state index contributed by atoms with van der Waals surface area (Å²) in [6, 6.07) is 42.8. The van der Waals surface area contributed by atoms with Crippen molar-refractivity contribution in [2.45, 2.75) is 0 Å². The van der Waals surface area contributed by atoms with E-state index in [1.54, 1.807) is 37.2 Å². The molecule has 7 heterocycles. The summed E-state index contributed by atoms with van der Waals surface area (Å²) in [6.07, 6.45) is 10.7. The van der Waals surface area contributed by atoms with Crippen LogP contribution in [0.3, 0.4) is 0 Å². The molecule has 0 atom stereocenters. The van der Waals surface area contributed by atoms with Crippen LogP contribution in [0.1, 0.15) is 0 Å².